The summed E-state index contributed by atoms with van der Waals surface area (Å²) in [4.78, 5) is 0. The first kappa shape index (κ1) is 19.1. The maximum absolute atomic E-state index is 14.5. The maximum Gasteiger partial charge on any atom is 0.200 e. The molecule has 142 valence electrons. The molecule has 1 aromatic carbocycles. The molecule has 0 N–H and O–H groups in total. The molecule has 2 nitrogen and oxygen atoms in total. The third-order valence-corrected chi connectivity index (χ3v) is 5.92. The standard InChI is InChI=1S/C22H28F2O2/c1-3-13-25-20-12-11-19(21(23)22(20)24)16-7-5-15(6-8-16)17-9-10-18(4-2)26-14-17/h3-4,11-12,15-18H,1-2,5-10,13-14H2. The van der Waals surface area contributed by atoms with Crippen LogP contribution in [-0.4, -0.2) is 19.3 Å². The second-order valence-electron chi connectivity index (χ2n) is 7.44. The van der Waals surface area contributed by atoms with Crippen LogP contribution in [0.2, 0.25) is 0 Å². The fraction of sp³-hybridized carbons (Fsp3) is 0.545. The van der Waals surface area contributed by atoms with Crippen LogP contribution in [-0.2, 0) is 4.74 Å². The number of ether oxygens (including phenoxy) is 2. The second-order valence-corrected chi connectivity index (χ2v) is 7.44. The van der Waals surface area contributed by atoms with Gasteiger partial charge in [0.25, 0.3) is 0 Å². The zero-order chi connectivity index (χ0) is 18.5. The van der Waals surface area contributed by atoms with Gasteiger partial charge in [0.15, 0.2) is 11.6 Å². The van der Waals surface area contributed by atoms with E-state index in [1.54, 1.807) is 6.07 Å². The smallest absolute Gasteiger partial charge is 0.200 e. The average molecular weight is 362 g/mol. The lowest BCUT2D eigenvalue weighted by atomic mass is 9.72. The summed E-state index contributed by atoms with van der Waals surface area (Å²) in [6, 6.07) is 3.22. The topological polar surface area (TPSA) is 18.5 Å². The van der Waals surface area contributed by atoms with Crippen molar-refractivity contribution < 1.29 is 18.3 Å². The highest BCUT2D eigenvalue weighted by molar-refractivity contribution is 5.33. The summed E-state index contributed by atoms with van der Waals surface area (Å²) in [5, 5.41) is 0. The molecule has 0 aromatic heterocycles. The summed E-state index contributed by atoms with van der Waals surface area (Å²) >= 11 is 0. The van der Waals surface area contributed by atoms with Crippen molar-refractivity contribution in [3.63, 3.8) is 0 Å². The van der Waals surface area contributed by atoms with Crippen LogP contribution in [0.4, 0.5) is 8.78 Å². The van der Waals surface area contributed by atoms with Gasteiger partial charge in [-0.2, -0.15) is 4.39 Å². The predicted molar refractivity (Wildman–Crippen MR) is 99.4 cm³/mol. The molecule has 0 spiro atoms. The van der Waals surface area contributed by atoms with Crippen LogP contribution in [0.25, 0.3) is 0 Å². The van der Waals surface area contributed by atoms with Crippen LogP contribution in [0.1, 0.15) is 50.0 Å². The van der Waals surface area contributed by atoms with Crippen molar-refractivity contribution in [2.45, 2.75) is 50.5 Å². The first-order chi connectivity index (χ1) is 12.6. The van der Waals surface area contributed by atoms with Gasteiger partial charge in [-0.15, -0.1) is 6.58 Å². The van der Waals surface area contributed by atoms with Gasteiger partial charge in [0.2, 0.25) is 5.82 Å². The van der Waals surface area contributed by atoms with Gasteiger partial charge in [-0.05, 0) is 67.9 Å². The minimum absolute atomic E-state index is 0.0454. The Hall–Kier alpha value is -1.68. The molecule has 1 aliphatic carbocycles. The molecule has 1 saturated carbocycles. The first-order valence-corrected chi connectivity index (χ1v) is 9.59. The molecule has 0 amide bonds. The van der Waals surface area contributed by atoms with Gasteiger partial charge in [-0.25, -0.2) is 4.39 Å². The maximum atomic E-state index is 14.5. The van der Waals surface area contributed by atoms with Crippen molar-refractivity contribution >= 4 is 0 Å². The zero-order valence-electron chi connectivity index (χ0n) is 15.3. The lowest BCUT2D eigenvalue weighted by Gasteiger charge is -2.37. The summed E-state index contributed by atoms with van der Waals surface area (Å²) in [6.45, 7) is 8.28. The molecule has 2 aliphatic rings. The van der Waals surface area contributed by atoms with Gasteiger partial charge in [0.1, 0.15) is 6.61 Å². The Morgan fingerprint density at radius 1 is 1.00 bits per heavy atom. The molecule has 3 rings (SSSR count). The molecule has 1 aliphatic heterocycles. The lowest BCUT2D eigenvalue weighted by Crippen LogP contribution is -2.31. The van der Waals surface area contributed by atoms with Crippen LogP contribution in [0.5, 0.6) is 5.75 Å². The SMILES string of the molecule is C=CCOc1ccc(C2CCC(C3CCC(C=C)OC3)CC2)c(F)c1F. The molecule has 1 saturated heterocycles. The van der Waals surface area contributed by atoms with Crippen molar-refractivity contribution in [1.29, 1.82) is 0 Å². The molecular formula is C22H28F2O2. The molecule has 2 unspecified atom stereocenters. The van der Waals surface area contributed by atoms with Crippen molar-refractivity contribution in [2.75, 3.05) is 13.2 Å². The highest BCUT2D eigenvalue weighted by atomic mass is 19.2. The summed E-state index contributed by atoms with van der Waals surface area (Å²) in [6.07, 6.45) is 9.70. The van der Waals surface area contributed by atoms with E-state index in [1.807, 2.05) is 6.08 Å². The summed E-state index contributed by atoms with van der Waals surface area (Å²) in [5.74, 6) is -0.397. The quantitative estimate of drug-likeness (QED) is 0.597. The Kier molecular flexibility index (Phi) is 6.47. The average Bonchev–Trinajstić information content (AvgIpc) is 2.69. The van der Waals surface area contributed by atoms with Crippen LogP contribution in [0.15, 0.2) is 37.4 Å². The van der Waals surface area contributed by atoms with E-state index in [9.17, 15) is 8.78 Å². The Balaban J connectivity index is 1.59. The molecular weight excluding hydrogens is 334 g/mol. The molecule has 26 heavy (non-hydrogen) atoms. The second kappa shape index (κ2) is 8.81. The largest absolute Gasteiger partial charge is 0.486 e. The summed E-state index contributed by atoms with van der Waals surface area (Å²) < 4.78 is 39.7. The van der Waals surface area contributed by atoms with Crippen molar-refractivity contribution in [2.24, 2.45) is 11.8 Å². The minimum atomic E-state index is -0.886. The van der Waals surface area contributed by atoms with Crippen LogP contribution >= 0.6 is 0 Å². The molecule has 2 fully saturated rings. The third-order valence-electron chi connectivity index (χ3n) is 5.92. The van der Waals surface area contributed by atoms with E-state index in [0.717, 1.165) is 38.7 Å². The fourth-order valence-electron chi connectivity index (χ4n) is 4.37. The van der Waals surface area contributed by atoms with E-state index in [4.69, 9.17) is 9.47 Å². The predicted octanol–water partition coefficient (Wildman–Crippen LogP) is 5.78. The van der Waals surface area contributed by atoms with Gasteiger partial charge < -0.3 is 9.47 Å². The summed E-state index contributed by atoms with van der Waals surface area (Å²) in [7, 11) is 0. The first-order valence-electron chi connectivity index (χ1n) is 9.59. The number of benzene rings is 1. The Morgan fingerprint density at radius 3 is 2.35 bits per heavy atom. The van der Waals surface area contributed by atoms with E-state index in [1.165, 1.54) is 18.6 Å². The van der Waals surface area contributed by atoms with Gasteiger partial charge in [-0.3, -0.25) is 0 Å². The van der Waals surface area contributed by atoms with Gasteiger partial charge in [-0.1, -0.05) is 24.8 Å². The third kappa shape index (κ3) is 4.17. The van der Waals surface area contributed by atoms with Crippen molar-refractivity contribution in [1.82, 2.24) is 0 Å². The summed E-state index contributed by atoms with van der Waals surface area (Å²) in [5.41, 5.74) is 0.485. The molecule has 2 atom stereocenters. The van der Waals surface area contributed by atoms with Gasteiger partial charge in [0, 0.05) is 0 Å². The van der Waals surface area contributed by atoms with E-state index >= 15 is 0 Å². The van der Waals surface area contributed by atoms with Crippen LogP contribution in [0, 0.1) is 23.5 Å². The monoisotopic (exact) mass is 362 g/mol. The van der Waals surface area contributed by atoms with E-state index in [2.05, 4.69) is 13.2 Å². The van der Waals surface area contributed by atoms with Gasteiger partial charge in [0.05, 0.1) is 12.7 Å². The fourth-order valence-corrected chi connectivity index (χ4v) is 4.37. The molecule has 0 radical (unpaired) electrons. The molecule has 4 heteroatoms. The highest BCUT2D eigenvalue weighted by Crippen LogP contribution is 2.42. The number of rotatable bonds is 6. The van der Waals surface area contributed by atoms with E-state index in [-0.39, 0.29) is 24.4 Å². The van der Waals surface area contributed by atoms with Crippen molar-refractivity contribution in [3.8, 4) is 5.75 Å². The number of hydrogen-bond acceptors (Lipinski definition) is 2. The number of halogens is 2. The Bertz CT molecular complexity index is 627. The molecule has 0 bridgehead atoms. The van der Waals surface area contributed by atoms with Gasteiger partial charge >= 0.3 is 0 Å². The van der Waals surface area contributed by atoms with Crippen LogP contribution in [0.3, 0.4) is 0 Å². The zero-order valence-corrected chi connectivity index (χ0v) is 15.3. The minimum Gasteiger partial charge on any atom is -0.486 e. The van der Waals surface area contributed by atoms with Crippen molar-refractivity contribution in [3.05, 3.63) is 54.6 Å². The normalized spacial score (nSPS) is 29.2. The Morgan fingerprint density at radius 2 is 1.73 bits per heavy atom. The Labute approximate surface area is 154 Å². The van der Waals surface area contributed by atoms with Crippen LogP contribution < -0.4 is 4.74 Å². The number of hydrogen-bond donors (Lipinski definition) is 0. The lowest BCUT2D eigenvalue weighted by molar-refractivity contribution is -0.0148. The van der Waals surface area contributed by atoms with E-state index < -0.39 is 11.6 Å². The molecule has 1 aromatic rings. The highest BCUT2D eigenvalue weighted by Gasteiger charge is 2.32. The molecule has 1 heterocycles. The van der Waals surface area contributed by atoms with E-state index in [0.29, 0.717) is 17.4 Å².